The van der Waals surface area contributed by atoms with Crippen LogP contribution in [0.3, 0.4) is 0 Å². The maximum absolute atomic E-state index is 9.55. The Balaban J connectivity index is 1.57. The summed E-state index contributed by atoms with van der Waals surface area (Å²) in [4.78, 5) is 5.32. The fourth-order valence-corrected chi connectivity index (χ4v) is 6.17. The van der Waals surface area contributed by atoms with E-state index >= 15 is 0 Å². The molecule has 0 N–H and O–H groups in total. The molecule has 8 rings (SSSR count). The number of aromatic nitrogens is 2. The smallest absolute Gasteiger partial charge is 0.0991 e. The van der Waals surface area contributed by atoms with E-state index in [1.54, 1.807) is 0 Å². The summed E-state index contributed by atoms with van der Waals surface area (Å²) in [6, 6.07) is 40.8. The van der Waals surface area contributed by atoms with Crippen LogP contribution in [0.25, 0.3) is 76.3 Å². The molecule has 0 aliphatic heterocycles. The minimum Gasteiger partial charge on any atom is -0.344 e. The second-order valence-corrected chi connectivity index (χ2v) is 9.99. The molecule has 0 bridgehead atoms. The summed E-state index contributed by atoms with van der Waals surface area (Å²) < 4.78 is 2.21. The minimum absolute atomic E-state index is 0.674. The molecular weight excluding hydrogens is 462 g/mol. The SMILES string of the molecule is Cn1c2ccc(C#N)cc2c2cc(-c3c4ccc5ccccc5c4nc4c3ccc3ccccc34)ccc21. The van der Waals surface area contributed by atoms with Gasteiger partial charge in [-0.2, -0.15) is 5.26 Å². The number of pyridine rings is 1. The molecular formula is C35H21N3. The molecule has 0 spiro atoms. The van der Waals surface area contributed by atoms with Gasteiger partial charge in [0.2, 0.25) is 0 Å². The molecule has 0 saturated carbocycles. The lowest BCUT2D eigenvalue weighted by Crippen LogP contribution is -1.92. The highest BCUT2D eigenvalue weighted by molar-refractivity contribution is 6.22. The van der Waals surface area contributed by atoms with Crippen molar-refractivity contribution < 1.29 is 0 Å². The lowest BCUT2D eigenvalue weighted by atomic mass is 9.92. The predicted molar refractivity (Wildman–Crippen MR) is 158 cm³/mol. The zero-order valence-corrected chi connectivity index (χ0v) is 20.7. The van der Waals surface area contributed by atoms with E-state index in [-0.39, 0.29) is 0 Å². The van der Waals surface area contributed by atoms with Gasteiger partial charge in [-0.1, -0.05) is 78.9 Å². The minimum atomic E-state index is 0.674. The lowest BCUT2D eigenvalue weighted by molar-refractivity contribution is 1.01. The van der Waals surface area contributed by atoms with Gasteiger partial charge in [-0.15, -0.1) is 0 Å². The van der Waals surface area contributed by atoms with E-state index in [1.807, 2.05) is 18.2 Å². The molecule has 2 heterocycles. The number of fused-ring (bicyclic) bond motifs is 9. The van der Waals surface area contributed by atoms with Gasteiger partial charge in [-0.05, 0) is 46.7 Å². The van der Waals surface area contributed by atoms with E-state index in [0.29, 0.717) is 5.56 Å². The Bertz CT molecular complexity index is 2220. The standard InChI is InChI=1S/C35H21N3/c1-38-31-16-10-21(20-36)18-29(31)30-19-24(13-17-32(30)38)33-27-14-11-22-6-2-4-8-25(22)34(27)37-35-26-9-5-3-7-23(26)12-15-28(33)35/h2-19H,1H3. The third kappa shape index (κ3) is 2.80. The number of rotatable bonds is 1. The number of aryl methyl sites for hydroxylation is 1. The Hall–Kier alpha value is -5.20. The van der Waals surface area contributed by atoms with Gasteiger partial charge in [0, 0.05) is 56.0 Å². The molecule has 0 radical (unpaired) electrons. The molecule has 2 aromatic heterocycles. The van der Waals surface area contributed by atoms with E-state index in [4.69, 9.17) is 4.98 Å². The highest BCUT2D eigenvalue weighted by Gasteiger charge is 2.17. The maximum atomic E-state index is 9.55. The van der Waals surface area contributed by atoms with Crippen molar-refractivity contribution in [2.24, 2.45) is 7.05 Å². The summed E-state index contributed by atoms with van der Waals surface area (Å²) in [6.07, 6.45) is 0. The largest absolute Gasteiger partial charge is 0.344 e. The normalized spacial score (nSPS) is 11.8. The van der Waals surface area contributed by atoms with Crippen molar-refractivity contribution >= 4 is 65.2 Å². The first-order chi connectivity index (χ1) is 18.7. The molecule has 176 valence electrons. The van der Waals surface area contributed by atoms with Crippen molar-refractivity contribution in [3.8, 4) is 17.2 Å². The van der Waals surface area contributed by atoms with Gasteiger partial charge >= 0.3 is 0 Å². The highest BCUT2D eigenvalue weighted by atomic mass is 14.9. The molecule has 3 heteroatoms. The van der Waals surface area contributed by atoms with Crippen molar-refractivity contribution in [1.82, 2.24) is 9.55 Å². The molecule has 8 aromatic rings. The van der Waals surface area contributed by atoms with Gasteiger partial charge in [-0.25, -0.2) is 4.98 Å². The third-order valence-corrected chi connectivity index (χ3v) is 7.99. The van der Waals surface area contributed by atoms with Crippen LogP contribution in [0.1, 0.15) is 5.56 Å². The van der Waals surface area contributed by atoms with Gasteiger partial charge in [0.15, 0.2) is 0 Å². The van der Waals surface area contributed by atoms with Gasteiger partial charge < -0.3 is 4.57 Å². The first-order valence-electron chi connectivity index (χ1n) is 12.8. The van der Waals surface area contributed by atoms with Crippen LogP contribution in [0.15, 0.2) is 109 Å². The number of hydrogen-bond acceptors (Lipinski definition) is 2. The average Bonchev–Trinajstić information content (AvgIpc) is 3.26. The Morgan fingerprint density at radius 3 is 1.79 bits per heavy atom. The van der Waals surface area contributed by atoms with Crippen LogP contribution in [-0.4, -0.2) is 9.55 Å². The Morgan fingerprint density at radius 1 is 0.579 bits per heavy atom. The molecule has 38 heavy (non-hydrogen) atoms. The molecule has 6 aromatic carbocycles. The van der Waals surface area contributed by atoms with Crippen LogP contribution < -0.4 is 0 Å². The fourth-order valence-electron chi connectivity index (χ4n) is 6.17. The van der Waals surface area contributed by atoms with Gasteiger partial charge in [0.25, 0.3) is 0 Å². The maximum Gasteiger partial charge on any atom is 0.0991 e. The molecule has 0 amide bonds. The molecule has 0 fully saturated rings. The number of nitrogens with zero attached hydrogens (tertiary/aromatic N) is 3. The lowest BCUT2D eigenvalue weighted by Gasteiger charge is -2.15. The summed E-state index contributed by atoms with van der Waals surface area (Å²) in [6.45, 7) is 0. The first kappa shape index (κ1) is 20.9. The van der Waals surface area contributed by atoms with E-state index in [1.165, 1.54) is 16.3 Å². The van der Waals surface area contributed by atoms with Crippen LogP contribution in [0, 0.1) is 11.3 Å². The zero-order valence-electron chi connectivity index (χ0n) is 20.7. The fraction of sp³-hybridized carbons (Fsp3) is 0.0286. The highest BCUT2D eigenvalue weighted by Crippen LogP contribution is 2.41. The second-order valence-electron chi connectivity index (χ2n) is 9.99. The molecule has 0 aliphatic rings. The Kier molecular flexibility index (Phi) is 4.21. The van der Waals surface area contributed by atoms with Crippen LogP contribution in [0.2, 0.25) is 0 Å². The molecule has 0 aliphatic carbocycles. The predicted octanol–water partition coefficient (Wildman–Crippen LogP) is 8.88. The van der Waals surface area contributed by atoms with E-state index in [9.17, 15) is 5.26 Å². The Morgan fingerprint density at radius 2 is 1.16 bits per heavy atom. The summed E-state index contributed by atoms with van der Waals surface area (Å²) in [5.74, 6) is 0. The monoisotopic (exact) mass is 483 g/mol. The topological polar surface area (TPSA) is 41.6 Å². The molecule has 0 unspecified atom stereocenters. The van der Waals surface area contributed by atoms with Gasteiger partial charge in [0.1, 0.15) is 0 Å². The molecule has 3 nitrogen and oxygen atoms in total. The zero-order chi connectivity index (χ0) is 25.4. The first-order valence-corrected chi connectivity index (χ1v) is 12.8. The summed E-state index contributed by atoms with van der Waals surface area (Å²) in [5, 5.41) is 18.8. The molecule has 0 atom stereocenters. The number of hydrogen-bond donors (Lipinski definition) is 0. The van der Waals surface area contributed by atoms with E-state index in [0.717, 1.165) is 59.9 Å². The number of nitriles is 1. The summed E-state index contributed by atoms with van der Waals surface area (Å²) >= 11 is 0. The van der Waals surface area contributed by atoms with Crippen LogP contribution >= 0.6 is 0 Å². The van der Waals surface area contributed by atoms with Crippen molar-refractivity contribution in [2.75, 3.05) is 0 Å². The van der Waals surface area contributed by atoms with E-state index < -0.39 is 0 Å². The summed E-state index contributed by atoms with van der Waals surface area (Å²) in [7, 11) is 2.09. The van der Waals surface area contributed by atoms with Crippen molar-refractivity contribution in [2.45, 2.75) is 0 Å². The quantitative estimate of drug-likeness (QED) is 0.173. The van der Waals surface area contributed by atoms with Crippen molar-refractivity contribution in [3.63, 3.8) is 0 Å². The van der Waals surface area contributed by atoms with Gasteiger partial charge in [-0.3, -0.25) is 0 Å². The molecule has 0 saturated heterocycles. The second kappa shape index (κ2) is 7.65. The third-order valence-electron chi connectivity index (χ3n) is 7.99. The van der Waals surface area contributed by atoms with Crippen LogP contribution in [0.5, 0.6) is 0 Å². The van der Waals surface area contributed by atoms with E-state index in [2.05, 4.69) is 109 Å². The van der Waals surface area contributed by atoms with Crippen LogP contribution in [0.4, 0.5) is 0 Å². The average molecular weight is 484 g/mol. The number of benzene rings is 6. The van der Waals surface area contributed by atoms with Crippen LogP contribution in [-0.2, 0) is 7.05 Å². The summed E-state index contributed by atoms with van der Waals surface area (Å²) in [5.41, 5.74) is 7.33. The Labute approximate surface area is 218 Å². The van der Waals surface area contributed by atoms with Crippen molar-refractivity contribution in [1.29, 1.82) is 5.26 Å². The van der Waals surface area contributed by atoms with Crippen molar-refractivity contribution in [3.05, 3.63) is 115 Å². The van der Waals surface area contributed by atoms with Gasteiger partial charge in [0.05, 0.1) is 22.7 Å².